The molecule has 0 saturated heterocycles. The SMILES string of the molecule is C[Si](c1ccccc1)=[Zr+2]([C]1=CC(C(C)(C)C)=CC1)[C]1=CC(C(C)(C)C)=CC1.[Cl-].[Cl-]. The third-order valence-electron chi connectivity index (χ3n) is 5.70. The molecule has 1 aromatic carbocycles. The zero-order valence-corrected chi connectivity index (χ0v) is 23.8. The van der Waals surface area contributed by atoms with Gasteiger partial charge in [0.05, 0.1) is 0 Å². The van der Waals surface area contributed by atoms with E-state index in [0.717, 1.165) is 0 Å². The van der Waals surface area contributed by atoms with Crippen molar-refractivity contribution in [2.75, 3.05) is 0 Å². The molecule has 29 heavy (non-hydrogen) atoms. The standard InChI is InChI=1S/2C9H13.C7H8Si.2ClH.Zr/c2*1-9(2,3)8-6-4-5-7-8;1-8-7-5-3-2-4-6-7;;;/h2*6-7H,4H2,1-3H3;2-6H,1H3;2*1H;/q;;;;;+2/p-2. The zero-order chi connectivity index (χ0) is 19.8. The smallest absolute Gasteiger partial charge is 1.00 e. The van der Waals surface area contributed by atoms with Crippen LogP contribution in [0.3, 0.4) is 0 Å². The van der Waals surface area contributed by atoms with Crippen LogP contribution >= 0.6 is 0 Å². The average molecular weight is 525 g/mol. The fourth-order valence-electron chi connectivity index (χ4n) is 3.97. The molecule has 0 aliphatic heterocycles. The van der Waals surface area contributed by atoms with E-state index < -0.39 is 25.8 Å². The van der Waals surface area contributed by atoms with Crippen molar-refractivity contribution in [3.05, 3.63) is 72.3 Å². The van der Waals surface area contributed by atoms with Crippen molar-refractivity contribution in [2.24, 2.45) is 10.8 Å². The number of hydrogen-bond acceptors (Lipinski definition) is 0. The Balaban J connectivity index is 0.00000210. The summed E-state index contributed by atoms with van der Waals surface area (Å²) in [6, 6.07) is 11.4. The first-order chi connectivity index (χ1) is 12.6. The van der Waals surface area contributed by atoms with Crippen LogP contribution in [0.1, 0.15) is 54.4 Å². The van der Waals surface area contributed by atoms with Crippen molar-refractivity contribution >= 4 is 10.6 Å². The van der Waals surface area contributed by atoms with Crippen LogP contribution in [0.4, 0.5) is 0 Å². The van der Waals surface area contributed by atoms with Gasteiger partial charge in [0.1, 0.15) is 0 Å². The first kappa shape index (κ1) is 26.9. The fraction of sp³-hybridized carbons (Fsp3) is 0.440. The van der Waals surface area contributed by atoms with Gasteiger partial charge in [-0.3, -0.25) is 0 Å². The van der Waals surface area contributed by atoms with Gasteiger partial charge in [0.25, 0.3) is 0 Å². The Labute approximate surface area is 198 Å². The molecule has 0 fully saturated rings. The van der Waals surface area contributed by atoms with Crippen molar-refractivity contribution in [1.82, 2.24) is 0 Å². The summed E-state index contributed by atoms with van der Waals surface area (Å²) in [5.41, 5.74) is 3.13. The van der Waals surface area contributed by atoms with Crippen LogP contribution in [0.25, 0.3) is 0 Å². The summed E-state index contributed by atoms with van der Waals surface area (Å²) < 4.78 is 3.66. The summed E-state index contributed by atoms with van der Waals surface area (Å²) in [5.74, 6) is 0. The maximum absolute atomic E-state index is 2.61. The second-order valence-electron chi connectivity index (χ2n) is 9.93. The Morgan fingerprint density at radius 1 is 0.724 bits per heavy atom. The number of allylic oxidation sites excluding steroid dienone is 8. The Morgan fingerprint density at radius 3 is 1.48 bits per heavy atom. The minimum Gasteiger partial charge on any atom is -1.00 e. The predicted molar refractivity (Wildman–Crippen MR) is 118 cm³/mol. The maximum atomic E-state index is 2.61. The summed E-state index contributed by atoms with van der Waals surface area (Å²) in [7, 11) is 0. The molecule has 2 aliphatic rings. The molecule has 0 bridgehead atoms. The first-order valence-electron chi connectivity index (χ1n) is 10.2. The van der Waals surface area contributed by atoms with Crippen molar-refractivity contribution in [3.8, 4) is 0 Å². The third-order valence-corrected chi connectivity index (χ3v) is 24.0. The molecule has 0 heterocycles. The minimum atomic E-state index is -1.89. The summed E-state index contributed by atoms with van der Waals surface area (Å²) in [5, 5.41) is 1.63. The molecule has 0 unspecified atom stereocenters. The molecule has 156 valence electrons. The molecule has 0 aromatic heterocycles. The van der Waals surface area contributed by atoms with Crippen molar-refractivity contribution < 1.29 is 45.2 Å². The van der Waals surface area contributed by atoms with Crippen LogP contribution in [0, 0.1) is 10.8 Å². The molecule has 0 radical (unpaired) electrons. The van der Waals surface area contributed by atoms with Gasteiger partial charge in [-0.05, 0) is 0 Å². The van der Waals surface area contributed by atoms with Gasteiger partial charge in [-0.1, -0.05) is 0 Å². The van der Waals surface area contributed by atoms with Crippen molar-refractivity contribution in [2.45, 2.75) is 60.9 Å². The fourth-order valence-corrected chi connectivity index (χ4v) is 22.4. The van der Waals surface area contributed by atoms with E-state index in [9.17, 15) is 0 Å². The molecule has 0 saturated carbocycles. The Kier molecular flexibility index (Phi) is 9.69. The van der Waals surface area contributed by atoms with Gasteiger partial charge < -0.3 is 24.8 Å². The third kappa shape index (κ3) is 6.42. The van der Waals surface area contributed by atoms with E-state index in [1.807, 2.05) is 6.56 Å². The maximum Gasteiger partial charge on any atom is -1.00 e. The summed E-state index contributed by atoms with van der Waals surface area (Å²) in [4.78, 5) is 0. The molecule has 4 heteroatoms. The van der Waals surface area contributed by atoms with Gasteiger partial charge in [0, 0.05) is 0 Å². The zero-order valence-electron chi connectivity index (χ0n) is 18.9. The molecule has 3 rings (SSSR count). The van der Waals surface area contributed by atoms with Gasteiger partial charge in [0.2, 0.25) is 0 Å². The summed E-state index contributed by atoms with van der Waals surface area (Å²) >= 11 is -1.89. The summed E-state index contributed by atoms with van der Waals surface area (Å²) in [6.45, 7) is 16.7. The molecule has 0 spiro atoms. The monoisotopic (exact) mass is 522 g/mol. The number of benzene rings is 1. The van der Waals surface area contributed by atoms with E-state index >= 15 is 0 Å². The van der Waals surface area contributed by atoms with Crippen LogP contribution in [0.2, 0.25) is 6.55 Å². The Bertz CT molecular complexity index is 839. The average Bonchev–Trinajstić information content (AvgIpc) is 3.25. The van der Waals surface area contributed by atoms with E-state index in [1.165, 1.54) is 12.8 Å². The van der Waals surface area contributed by atoms with Gasteiger partial charge in [-0.2, -0.15) is 0 Å². The second-order valence-corrected chi connectivity index (χ2v) is 25.2. The molecule has 0 atom stereocenters. The second kappa shape index (κ2) is 10.4. The van der Waals surface area contributed by atoms with Gasteiger partial charge in [0.15, 0.2) is 0 Å². The van der Waals surface area contributed by atoms with E-state index in [-0.39, 0.29) is 35.6 Å². The first-order valence-corrected chi connectivity index (χ1v) is 18.3. The number of halogens is 2. The van der Waals surface area contributed by atoms with E-state index in [2.05, 4.69) is 103 Å². The van der Waals surface area contributed by atoms with Crippen LogP contribution in [-0.2, 0) is 20.4 Å². The molecule has 1 aromatic rings. The Morgan fingerprint density at radius 2 is 1.14 bits per heavy atom. The van der Waals surface area contributed by atoms with Gasteiger partial charge >= 0.3 is 175 Å². The molecule has 0 nitrogen and oxygen atoms in total. The van der Waals surface area contributed by atoms with E-state index in [4.69, 9.17) is 0 Å². The Hall–Kier alpha value is -0.140. The molecule has 2 aliphatic carbocycles. The van der Waals surface area contributed by atoms with Crippen LogP contribution < -0.4 is 30.0 Å². The predicted octanol–water partition coefficient (Wildman–Crippen LogP) is 0.661. The quantitative estimate of drug-likeness (QED) is 0.510. The van der Waals surface area contributed by atoms with Gasteiger partial charge in [-0.25, -0.2) is 0 Å². The van der Waals surface area contributed by atoms with Crippen molar-refractivity contribution in [1.29, 1.82) is 0 Å². The number of rotatable bonds is 3. The minimum absolute atomic E-state index is 0. The van der Waals surface area contributed by atoms with E-state index in [0.29, 0.717) is 0 Å². The van der Waals surface area contributed by atoms with Crippen molar-refractivity contribution in [3.63, 3.8) is 0 Å². The molecular formula is C25H34Cl2SiZr. The topological polar surface area (TPSA) is 0 Å². The molecular weight excluding hydrogens is 490 g/mol. The number of hydrogen-bond donors (Lipinski definition) is 0. The summed E-state index contributed by atoms with van der Waals surface area (Å²) in [6.07, 6.45) is 12.7. The molecule has 0 amide bonds. The van der Waals surface area contributed by atoms with Gasteiger partial charge in [-0.15, -0.1) is 0 Å². The van der Waals surface area contributed by atoms with Crippen LogP contribution in [0.15, 0.2) is 72.3 Å². The largest absolute Gasteiger partial charge is 1.00 e. The van der Waals surface area contributed by atoms with Crippen LogP contribution in [-0.4, -0.2) is 5.43 Å². The van der Waals surface area contributed by atoms with Crippen LogP contribution in [0.5, 0.6) is 0 Å². The molecule has 0 N–H and O–H groups in total. The normalized spacial score (nSPS) is 15.8. The van der Waals surface area contributed by atoms with E-state index in [1.54, 1.807) is 16.3 Å².